The zero-order chi connectivity index (χ0) is 18.4. The maximum atomic E-state index is 13.1. The highest BCUT2D eigenvalue weighted by Gasteiger charge is 2.26. The Bertz CT molecular complexity index is 1070. The molecule has 0 aliphatic carbocycles. The maximum Gasteiger partial charge on any atom is 0.274 e. The van der Waals surface area contributed by atoms with Gasteiger partial charge in [-0.15, -0.1) is 0 Å². The molecular formula is C17H18ClN5O2S. The maximum absolute atomic E-state index is 13.1. The van der Waals surface area contributed by atoms with Crippen molar-refractivity contribution in [1.29, 1.82) is 0 Å². The third-order valence-electron chi connectivity index (χ3n) is 4.76. The molecule has 26 heavy (non-hydrogen) atoms. The fourth-order valence-corrected chi connectivity index (χ4v) is 4.63. The predicted molar refractivity (Wildman–Crippen MR) is 105 cm³/mol. The second kappa shape index (κ2) is 6.53. The Balaban J connectivity index is 1.93. The molecule has 1 aliphatic heterocycles. The van der Waals surface area contributed by atoms with Crippen molar-refractivity contribution in [2.24, 2.45) is 5.73 Å². The number of thiazole rings is 1. The van der Waals surface area contributed by atoms with Gasteiger partial charge in [-0.3, -0.25) is 14.0 Å². The summed E-state index contributed by atoms with van der Waals surface area (Å²) in [5.41, 5.74) is 5.75. The van der Waals surface area contributed by atoms with Gasteiger partial charge in [-0.05, 0) is 24.7 Å². The molecule has 1 aliphatic rings. The van der Waals surface area contributed by atoms with Gasteiger partial charge in [0.05, 0.1) is 10.2 Å². The lowest BCUT2D eigenvalue weighted by atomic mass is 10.2. The van der Waals surface area contributed by atoms with E-state index in [2.05, 4.69) is 16.8 Å². The van der Waals surface area contributed by atoms with Crippen LogP contribution in [-0.2, 0) is 0 Å². The lowest BCUT2D eigenvalue weighted by Gasteiger charge is -2.35. The normalized spacial score (nSPS) is 15.8. The van der Waals surface area contributed by atoms with E-state index < -0.39 is 11.5 Å². The van der Waals surface area contributed by atoms with Gasteiger partial charge in [0.2, 0.25) is 0 Å². The first-order valence-electron chi connectivity index (χ1n) is 8.41. The summed E-state index contributed by atoms with van der Waals surface area (Å²) < 4.78 is 2.29. The molecule has 4 rings (SSSR count). The number of hydrogen-bond donors (Lipinski definition) is 1. The Morgan fingerprint density at radius 1 is 1.31 bits per heavy atom. The van der Waals surface area contributed by atoms with Crippen molar-refractivity contribution >= 4 is 49.8 Å². The average Bonchev–Trinajstić information content (AvgIpc) is 2.98. The van der Waals surface area contributed by atoms with Crippen LogP contribution in [0.25, 0.3) is 15.2 Å². The predicted octanol–water partition coefficient (Wildman–Crippen LogP) is 1.80. The van der Waals surface area contributed by atoms with E-state index in [9.17, 15) is 9.59 Å². The molecule has 1 aromatic carbocycles. The van der Waals surface area contributed by atoms with Crippen LogP contribution in [0.3, 0.4) is 0 Å². The first-order chi connectivity index (χ1) is 12.5. The number of primary amides is 1. The second-order valence-corrected chi connectivity index (χ2v) is 7.68. The van der Waals surface area contributed by atoms with Gasteiger partial charge in [0, 0.05) is 31.2 Å². The highest BCUT2D eigenvalue weighted by atomic mass is 35.5. The SMILES string of the molecule is CCN1CCN(c2nc3sc4cc(Cl)ccc4n3c(=O)c2C(N)=O)CC1. The Kier molecular flexibility index (Phi) is 4.34. The number of carbonyl (C=O) groups excluding carboxylic acids is 1. The van der Waals surface area contributed by atoms with E-state index in [0.29, 0.717) is 34.4 Å². The van der Waals surface area contributed by atoms with Crippen LogP contribution in [0, 0.1) is 0 Å². The molecule has 9 heteroatoms. The molecule has 0 atom stereocenters. The topological polar surface area (TPSA) is 83.9 Å². The van der Waals surface area contributed by atoms with Gasteiger partial charge in [0.15, 0.2) is 10.8 Å². The molecule has 7 nitrogen and oxygen atoms in total. The fraction of sp³-hybridized carbons (Fsp3) is 0.353. The molecule has 3 heterocycles. The number of hydrogen-bond acceptors (Lipinski definition) is 6. The minimum atomic E-state index is -0.752. The lowest BCUT2D eigenvalue weighted by molar-refractivity contribution is 0.0998. The van der Waals surface area contributed by atoms with E-state index in [4.69, 9.17) is 17.3 Å². The quantitative estimate of drug-likeness (QED) is 0.736. The number of piperazine rings is 1. The Morgan fingerprint density at radius 3 is 2.69 bits per heavy atom. The molecule has 0 unspecified atom stereocenters. The number of carbonyl (C=O) groups is 1. The lowest BCUT2D eigenvalue weighted by Crippen LogP contribution is -2.47. The number of likely N-dealkylation sites (N-methyl/N-ethyl adjacent to an activating group) is 1. The summed E-state index contributed by atoms with van der Waals surface area (Å²) in [5, 5.41) is 0.586. The molecule has 0 radical (unpaired) electrons. The number of rotatable bonds is 3. The molecule has 1 fully saturated rings. The number of nitrogens with zero attached hydrogens (tertiary/aromatic N) is 4. The summed E-state index contributed by atoms with van der Waals surface area (Å²) in [6.07, 6.45) is 0. The monoisotopic (exact) mass is 391 g/mol. The highest BCUT2D eigenvalue weighted by Crippen LogP contribution is 2.29. The van der Waals surface area contributed by atoms with Crippen LogP contribution in [0.4, 0.5) is 5.82 Å². The van der Waals surface area contributed by atoms with Gasteiger partial charge in [0.25, 0.3) is 11.5 Å². The number of aromatic nitrogens is 2. The molecule has 2 N–H and O–H groups in total. The highest BCUT2D eigenvalue weighted by molar-refractivity contribution is 7.23. The first kappa shape index (κ1) is 17.3. The van der Waals surface area contributed by atoms with Crippen LogP contribution in [-0.4, -0.2) is 52.9 Å². The van der Waals surface area contributed by atoms with Gasteiger partial charge in [-0.2, -0.15) is 0 Å². The van der Waals surface area contributed by atoms with Crippen molar-refractivity contribution in [2.75, 3.05) is 37.6 Å². The van der Waals surface area contributed by atoms with Crippen molar-refractivity contribution in [1.82, 2.24) is 14.3 Å². The van der Waals surface area contributed by atoms with Crippen LogP contribution >= 0.6 is 22.9 Å². The van der Waals surface area contributed by atoms with Crippen molar-refractivity contribution in [3.05, 3.63) is 39.1 Å². The molecule has 0 saturated carbocycles. The van der Waals surface area contributed by atoms with Gasteiger partial charge in [0.1, 0.15) is 5.56 Å². The van der Waals surface area contributed by atoms with E-state index in [-0.39, 0.29) is 5.56 Å². The summed E-state index contributed by atoms with van der Waals surface area (Å²) in [6, 6.07) is 5.26. The summed E-state index contributed by atoms with van der Waals surface area (Å²) in [4.78, 5) is 34.6. The van der Waals surface area contributed by atoms with Crippen LogP contribution in [0.15, 0.2) is 23.0 Å². The van der Waals surface area contributed by atoms with E-state index in [1.165, 1.54) is 15.7 Å². The largest absolute Gasteiger partial charge is 0.365 e. The van der Waals surface area contributed by atoms with Crippen molar-refractivity contribution in [3.8, 4) is 0 Å². The average molecular weight is 392 g/mol. The molecule has 0 bridgehead atoms. The second-order valence-electron chi connectivity index (χ2n) is 6.23. The third-order valence-corrected chi connectivity index (χ3v) is 6.00. The Labute approximate surface area is 158 Å². The minimum Gasteiger partial charge on any atom is -0.365 e. The number of amides is 1. The molecular weight excluding hydrogens is 374 g/mol. The number of halogens is 1. The molecule has 136 valence electrons. The van der Waals surface area contributed by atoms with Gasteiger partial charge in [-0.25, -0.2) is 4.98 Å². The van der Waals surface area contributed by atoms with Gasteiger partial charge < -0.3 is 15.5 Å². The zero-order valence-corrected chi connectivity index (χ0v) is 15.8. The Morgan fingerprint density at radius 2 is 2.04 bits per heavy atom. The third kappa shape index (κ3) is 2.74. The first-order valence-corrected chi connectivity index (χ1v) is 9.61. The van der Waals surface area contributed by atoms with Gasteiger partial charge in [-0.1, -0.05) is 29.9 Å². The zero-order valence-electron chi connectivity index (χ0n) is 14.2. The van der Waals surface area contributed by atoms with Crippen LogP contribution in [0.5, 0.6) is 0 Å². The minimum absolute atomic E-state index is 0.0536. The summed E-state index contributed by atoms with van der Waals surface area (Å²) in [5.74, 6) is -0.367. The summed E-state index contributed by atoms with van der Waals surface area (Å²) in [7, 11) is 0. The van der Waals surface area contributed by atoms with Crippen molar-refractivity contribution in [3.63, 3.8) is 0 Å². The Hall–Kier alpha value is -2.16. The van der Waals surface area contributed by atoms with E-state index in [1.807, 2.05) is 4.90 Å². The smallest absolute Gasteiger partial charge is 0.274 e. The van der Waals surface area contributed by atoms with Crippen LogP contribution in [0.1, 0.15) is 17.3 Å². The van der Waals surface area contributed by atoms with E-state index in [1.54, 1.807) is 18.2 Å². The summed E-state index contributed by atoms with van der Waals surface area (Å²) in [6.45, 7) is 6.21. The van der Waals surface area contributed by atoms with Gasteiger partial charge >= 0.3 is 0 Å². The molecule has 0 spiro atoms. The number of anilines is 1. The molecule has 3 aromatic rings. The number of benzene rings is 1. The molecule has 2 aromatic heterocycles. The molecule has 1 amide bonds. The van der Waals surface area contributed by atoms with Crippen LogP contribution in [0.2, 0.25) is 5.02 Å². The number of nitrogens with two attached hydrogens (primary N) is 1. The van der Waals surface area contributed by atoms with E-state index in [0.717, 1.165) is 24.3 Å². The van der Waals surface area contributed by atoms with Crippen LogP contribution < -0.4 is 16.2 Å². The standard InChI is InChI=1S/C17H18ClN5O2S/c1-2-21-5-7-22(8-6-21)15-13(14(19)24)16(25)23-11-4-3-10(18)9-12(11)26-17(23)20-15/h3-4,9H,2,5-8H2,1H3,(H2,19,24). The van der Waals surface area contributed by atoms with E-state index >= 15 is 0 Å². The fourth-order valence-electron chi connectivity index (χ4n) is 3.34. The van der Waals surface area contributed by atoms with Crippen molar-refractivity contribution < 1.29 is 4.79 Å². The van der Waals surface area contributed by atoms with Crippen molar-refractivity contribution in [2.45, 2.75) is 6.92 Å². The summed E-state index contributed by atoms with van der Waals surface area (Å²) >= 11 is 7.43. The number of fused-ring (bicyclic) bond motifs is 3. The molecule has 1 saturated heterocycles.